The predicted octanol–water partition coefficient (Wildman–Crippen LogP) is 0.657. The molecule has 2 aliphatic rings. The highest BCUT2D eigenvalue weighted by atomic mass is 16.3. The summed E-state index contributed by atoms with van der Waals surface area (Å²) < 4.78 is 0. The summed E-state index contributed by atoms with van der Waals surface area (Å²) in [7, 11) is 0. The lowest BCUT2D eigenvalue weighted by molar-refractivity contribution is -0.114. The predicted molar refractivity (Wildman–Crippen MR) is 36.4 cm³/mol. The van der Waals surface area contributed by atoms with Crippen LogP contribution in [0.1, 0.15) is 19.3 Å². The van der Waals surface area contributed by atoms with Gasteiger partial charge >= 0.3 is 0 Å². The Morgan fingerprint density at radius 3 is 3.10 bits per heavy atom. The van der Waals surface area contributed by atoms with Crippen LogP contribution < -0.4 is 0 Å². The van der Waals surface area contributed by atoms with Crippen LogP contribution in [0, 0.1) is 5.92 Å². The van der Waals surface area contributed by atoms with Crippen LogP contribution in [0.25, 0.3) is 0 Å². The number of carbonyl (C=O) groups is 1. The van der Waals surface area contributed by atoms with Crippen molar-refractivity contribution in [3.63, 3.8) is 0 Å². The molecule has 1 saturated carbocycles. The molecule has 54 valence electrons. The summed E-state index contributed by atoms with van der Waals surface area (Å²) in [6.45, 7) is 0. The van der Waals surface area contributed by atoms with Gasteiger partial charge < -0.3 is 5.11 Å². The highest BCUT2D eigenvalue weighted by Gasteiger charge is 2.34. The maximum atomic E-state index is 11.0. The Labute approximate surface area is 59.5 Å². The third-order valence-electron chi connectivity index (χ3n) is 2.38. The van der Waals surface area contributed by atoms with E-state index in [-0.39, 0.29) is 11.9 Å². The van der Waals surface area contributed by atoms with Crippen molar-refractivity contribution in [2.24, 2.45) is 5.92 Å². The van der Waals surface area contributed by atoms with E-state index in [1.807, 2.05) is 0 Å². The quantitative estimate of drug-likeness (QED) is 0.533. The topological polar surface area (TPSA) is 37.3 Å². The molecule has 0 spiro atoms. The minimum Gasteiger partial charge on any atom is -0.389 e. The van der Waals surface area contributed by atoms with Gasteiger partial charge in [0.1, 0.15) is 0 Å². The van der Waals surface area contributed by atoms with Crippen LogP contribution >= 0.6 is 0 Å². The van der Waals surface area contributed by atoms with Gasteiger partial charge in [0, 0.05) is 6.42 Å². The van der Waals surface area contributed by atoms with Crippen LogP contribution in [-0.2, 0) is 4.79 Å². The Morgan fingerprint density at radius 2 is 2.40 bits per heavy atom. The molecule has 0 aromatic heterocycles. The van der Waals surface area contributed by atoms with Gasteiger partial charge in [0.2, 0.25) is 0 Å². The Bertz CT molecular complexity index is 205. The molecule has 0 saturated heterocycles. The van der Waals surface area contributed by atoms with Crippen LogP contribution in [0.5, 0.6) is 0 Å². The lowest BCUT2D eigenvalue weighted by atomic mass is 10.1. The second-order valence-corrected chi connectivity index (χ2v) is 3.08. The summed E-state index contributed by atoms with van der Waals surface area (Å²) in [5.74, 6) is 0.643. The standard InChI is InChI=1S/C8H10O2/c9-6-3-5-1-2-8(10)7(5)4-6/h4-6,9H,1-3H2/t5-,6-/m0/s1. The van der Waals surface area contributed by atoms with Crippen LogP contribution in [0.4, 0.5) is 0 Å². The van der Waals surface area contributed by atoms with E-state index in [9.17, 15) is 4.79 Å². The summed E-state index contributed by atoms with van der Waals surface area (Å²) in [5, 5.41) is 9.12. The zero-order valence-corrected chi connectivity index (χ0v) is 5.71. The fourth-order valence-electron chi connectivity index (χ4n) is 1.87. The van der Waals surface area contributed by atoms with E-state index in [2.05, 4.69) is 0 Å². The molecule has 2 heteroatoms. The molecule has 2 rings (SSSR count). The molecule has 0 aromatic rings. The maximum absolute atomic E-state index is 11.0. The lowest BCUT2D eigenvalue weighted by Gasteiger charge is -2.01. The lowest BCUT2D eigenvalue weighted by Crippen LogP contribution is -1.99. The molecule has 0 radical (unpaired) electrons. The van der Waals surface area contributed by atoms with Crippen molar-refractivity contribution in [2.45, 2.75) is 25.4 Å². The van der Waals surface area contributed by atoms with Crippen LogP contribution in [0.15, 0.2) is 11.6 Å². The first kappa shape index (κ1) is 6.10. The first-order chi connectivity index (χ1) is 4.77. The van der Waals surface area contributed by atoms with Crippen molar-refractivity contribution in [1.82, 2.24) is 0 Å². The molecule has 0 heterocycles. The second kappa shape index (κ2) is 1.92. The zero-order valence-electron chi connectivity index (χ0n) is 5.71. The summed E-state index contributed by atoms with van der Waals surface area (Å²) in [5.41, 5.74) is 0.896. The smallest absolute Gasteiger partial charge is 0.158 e. The minimum absolute atomic E-state index is 0.251. The van der Waals surface area contributed by atoms with Crippen molar-refractivity contribution in [1.29, 1.82) is 0 Å². The number of ketones is 1. The molecule has 0 aliphatic heterocycles. The monoisotopic (exact) mass is 138 g/mol. The molecule has 0 amide bonds. The van der Waals surface area contributed by atoms with E-state index < -0.39 is 0 Å². The number of rotatable bonds is 0. The van der Waals surface area contributed by atoms with Crippen molar-refractivity contribution in [2.75, 3.05) is 0 Å². The minimum atomic E-state index is -0.343. The van der Waals surface area contributed by atoms with Gasteiger partial charge in [0.05, 0.1) is 6.10 Å². The molecule has 2 nitrogen and oxygen atoms in total. The van der Waals surface area contributed by atoms with E-state index in [1.165, 1.54) is 0 Å². The van der Waals surface area contributed by atoms with Crippen LogP contribution in [0.3, 0.4) is 0 Å². The number of aliphatic hydroxyl groups is 1. The molecule has 0 unspecified atom stereocenters. The molecular formula is C8H10O2. The molecule has 10 heavy (non-hydrogen) atoms. The van der Waals surface area contributed by atoms with Gasteiger partial charge in [-0.2, -0.15) is 0 Å². The zero-order chi connectivity index (χ0) is 7.14. The number of fused-ring (bicyclic) bond motifs is 1. The highest BCUT2D eigenvalue weighted by molar-refractivity contribution is 5.98. The van der Waals surface area contributed by atoms with Crippen molar-refractivity contribution >= 4 is 5.78 Å². The fourth-order valence-corrected chi connectivity index (χ4v) is 1.87. The number of carbonyl (C=O) groups excluding carboxylic acids is 1. The van der Waals surface area contributed by atoms with E-state index in [4.69, 9.17) is 5.11 Å². The van der Waals surface area contributed by atoms with Crippen molar-refractivity contribution in [3.05, 3.63) is 11.6 Å². The van der Waals surface area contributed by atoms with Gasteiger partial charge in [-0.15, -0.1) is 0 Å². The number of aliphatic hydroxyl groups excluding tert-OH is 1. The third-order valence-corrected chi connectivity index (χ3v) is 2.38. The van der Waals surface area contributed by atoms with Gasteiger partial charge in [-0.05, 0) is 30.4 Å². The number of allylic oxidation sites excluding steroid dienone is 1. The molecule has 2 aliphatic carbocycles. The molecule has 2 atom stereocenters. The molecule has 1 fully saturated rings. The molecular weight excluding hydrogens is 128 g/mol. The third kappa shape index (κ3) is 0.721. The number of hydrogen-bond donors (Lipinski definition) is 1. The Hall–Kier alpha value is -0.630. The van der Waals surface area contributed by atoms with Gasteiger partial charge in [-0.25, -0.2) is 0 Å². The largest absolute Gasteiger partial charge is 0.389 e. The van der Waals surface area contributed by atoms with Gasteiger partial charge in [-0.1, -0.05) is 0 Å². The first-order valence-corrected chi connectivity index (χ1v) is 3.70. The average Bonchev–Trinajstić information content (AvgIpc) is 2.35. The van der Waals surface area contributed by atoms with E-state index in [0.29, 0.717) is 12.3 Å². The fraction of sp³-hybridized carbons (Fsp3) is 0.625. The summed E-state index contributed by atoms with van der Waals surface area (Å²) in [6.07, 6.45) is 3.82. The second-order valence-electron chi connectivity index (χ2n) is 3.08. The van der Waals surface area contributed by atoms with E-state index in [0.717, 1.165) is 18.4 Å². The molecule has 0 aromatic carbocycles. The van der Waals surface area contributed by atoms with E-state index >= 15 is 0 Å². The summed E-state index contributed by atoms with van der Waals surface area (Å²) in [4.78, 5) is 11.0. The van der Waals surface area contributed by atoms with Crippen LogP contribution in [0.2, 0.25) is 0 Å². The van der Waals surface area contributed by atoms with Crippen molar-refractivity contribution < 1.29 is 9.90 Å². The summed E-state index contributed by atoms with van der Waals surface area (Å²) >= 11 is 0. The van der Waals surface area contributed by atoms with Crippen molar-refractivity contribution in [3.8, 4) is 0 Å². The maximum Gasteiger partial charge on any atom is 0.158 e. The Morgan fingerprint density at radius 1 is 1.60 bits per heavy atom. The van der Waals surface area contributed by atoms with Gasteiger partial charge in [0.15, 0.2) is 5.78 Å². The summed E-state index contributed by atoms with van der Waals surface area (Å²) in [6, 6.07) is 0. The average molecular weight is 138 g/mol. The number of hydrogen-bond acceptors (Lipinski definition) is 2. The molecule has 0 bridgehead atoms. The Balaban J connectivity index is 2.29. The normalized spacial score (nSPS) is 38.1. The SMILES string of the molecule is O=C1CC[C@H]2C[C@H](O)C=C12. The van der Waals surface area contributed by atoms with Gasteiger partial charge in [0.25, 0.3) is 0 Å². The van der Waals surface area contributed by atoms with E-state index in [1.54, 1.807) is 6.08 Å². The molecule has 1 N–H and O–H groups in total. The highest BCUT2D eigenvalue weighted by Crippen LogP contribution is 2.36. The van der Waals surface area contributed by atoms with Gasteiger partial charge in [-0.3, -0.25) is 4.79 Å². The van der Waals surface area contributed by atoms with Crippen LogP contribution in [-0.4, -0.2) is 17.0 Å². The first-order valence-electron chi connectivity index (χ1n) is 3.70. The number of Topliss-reactive ketones (excluding diaryl/α,β-unsaturated/α-hetero) is 1. The Kier molecular flexibility index (Phi) is 1.17.